The third kappa shape index (κ3) is 3.54. The lowest BCUT2D eigenvalue weighted by molar-refractivity contribution is 0.513. The van der Waals surface area contributed by atoms with Crippen molar-refractivity contribution in [2.45, 2.75) is 50.6 Å². The zero-order chi connectivity index (χ0) is 12.2. The molecule has 0 aromatic heterocycles. The van der Waals surface area contributed by atoms with Gasteiger partial charge in [-0.25, -0.2) is 0 Å². The monoisotopic (exact) mass is 234 g/mol. The van der Waals surface area contributed by atoms with Crippen molar-refractivity contribution < 1.29 is 3.79 Å². The molecular weight excluding hydrogens is 211 g/mol. The normalized spacial score (nSPS) is 11.3. The minimum atomic E-state index is -1.02. The third-order valence-corrected chi connectivity index (χ3v) is 5.31. The maximum atomic E-state index is 6.21. The maximum Gasteiger partial charge on any atom is 0.546 e. The van der Waals surface area contributed by atoms with Gasteiger partial charge in [0.1, 0.15) is 0 Å². The highest BCUT2D eigenvalue weighted by molar-refractivity contribution is 6.52. The summed E-state index contributed by atoms with van der Waals surface area (Å²) in [5, 5.41) is 2.41. The van der Waals surface area contributed by atoms with Crippen LogP contribution in [0, 0.1) is 0 Å². The van der Waals surface area contributed by atoms with Gasteiger partial charge in [0.05, 0.1) is 5.75 Å². The van der Waals surface area contributed by atoms with Crippen LogP contribution in [0.5, 0.6) is 5.75 Å². The van der Waals surface area contributed by atoms with Gasteiger partial charge in [-0.2, -0.15) is 0 Å². The molecule has 0 fully saturated rings. The van der Waals surface area contributed by atoms with E-state index in [0.29, 0.717) is 0 Å². The van der Waals surface area contributed by atoms with E-state index in [0.717, 1.165) is 5.75 Å². The van der Waals surface area contributed by atoms with Crippen molar-refractivity contribution in [1.29, 1.82) is 0 Å². The van der Waals surface area contributed by atoms with Crippen LogP contribution in [0.3, 0.4) is 0 Å². The van der Waals surface area contributed by atoms with Crippen LogP contribution in [0.25, 0.3) is 0 Å². The van der Waals surface area contributed by atoms with E-state index in [9.17, 15) is 0 Å². The zero-order valence-corrected chi connectivity index (χ0v) is 12.4. The van der Waals surface area contributed by atoms with Gasteiger partial charge in [0, 0.05) is 0 Å². The number of para-hydroxylation sites is 1. The Morgan fingerprint density at radius 1 is 1.06 bits per heavy atom. The van der Waals surface area contributed by atoms with Gasteiger partial charge >= 0.3 is 14.5 Å². The van der Waals surface area contributed by atoms with Crippen molar-refractivity contribution in [3.8, 4) is 5.75 Å². The van der Waals surface area contributed by atoms with E-state index in [1.807, 2.05) is 0 Å². The van der Waals surface area contributed by atoms with Gasteiger partial charge in [-0.3, -0.25) is 0 Å². The van der Waals surface area contributed by atoms with Gasteiger partial charge in [-0.1, -0.05) is 63.4 Å². The van der Waals surface area contributed by atoms with E-state index in [1.54, 1.807) is 0 Å². The molecule has 0 atom stereocenters. The van der Waals surface area contributed by atoms with Crippen LogP contribution < -0.4 is 3.79 Å². The molecule has 1 aromatic carbocycles. The minimum Gasteiger partial charge on any atom is -0.642 e. The van der Waals surface area contributed by atoms with Gasteiger partial charge in [0.2, 0.25) is 0 Å². The van der Waals surface area contributed by atoms with Crippen LogP contribution in [-0.2, 0) is 5.41 Å². The summed E-state index contributed by atoms with van der Waals surface area (Å²) in [6, 6.07) is 8.47. The molecule has 0 saturated carbocycles. The van der Waals surface area contributed by atoms with Crippen molar-refractivity contribution in [3.05, 3.63) is 29.8 Å². The predicted molar refractivity (Wildman–Crippen MR) is 72.5 cm³/mol. The first-order chi connectivity index (χ1) is 7.49. The molecule has 0 heterocycles. The van der Waals surface area contributed by atoms with E-state index in [4.69, 9.17) is 3.79 Å². The van der Waals surface area contributed by atoms with E-state index in [2.05, 4.69) is 58.9 Å². The van der Waals surface area contributed by atoms with Crippen molar-refractivity contribution in [1.82, 2.24) is 0 Å². The summed E-state index contributed by atoms with van der Waals surface area (Å²) in [6.45, 7) is 11.2. The Balaban J connectivity index is 2.95. The van der Waals surface area contributed by atoms with E-state index in [-0.39, 0.29) is 5.41 Å². The summed E-state index contributed by atoms with van der Waals surface area (Å²) < 4.78 is 6.21. The summed E-state index contributed by atoms with van der Waals surface area (Å²) in [5.41, 5.74) is 1.49. The summed E-state index contributed by atoms with van der Waals surface area (Å²) in [7, 11) is 0. The first-order valence-corrected chi connectivity index (χ1v) is 8.35. The Hall–Kier alpha value is -0.448. The summed E-state index contributed by atoms with van der Waals surface area (Å²) in [4.78, 5) is 0. The Morgan fingerprint density at radius 2 is 1.62 bits per heavy atom. The maximum absolute atomic E-state index is 6.21. The molecule has 88 valence electrons. The fourth-order valence-electron chi connectivity index (χ4n) is 1.82. The number of rotatable bonds is 4. The average Bonchev–Trinajstić information content (AvgIpc) is 2.25. The molecule has 0 bridgehead atoms. The second-order valence-electron chi connectivity index (χ2n) is 5.30. The molecule has 0 amide bonds. The van der Waals surface area contributed by atoms with E-state index >= 15 is 0 Å². The van der Waals surface area contributed by atoms with Gasteiger partial charge in [-0.05, 0) is 17.0 Å². The standard InChI is InChI=1S/C10H14O.2C2H5.Al/c1-10(2,3)8-6-4-5-7-9(8)11;2*1-2;/h4-7,11H,1-3H3;2*1H2,2H3;/q;;;+1/p-1. The van der Waals surface area contributed by atoms with Gasteiger partial charge < -0.3 is 3.79 Å². The fraction of sp³-hybridized carbons (Fsp3) is 0.571. The molecule has 16 heavy (non-hydrogen) atoms. The van der Waals surface area contributed by atoms with Crippen LogP contribution in [0.1, 0.15) is 40.2 Å². The highest BCUT2D eigenvalue weighted by atomic mass is 27.2. The number of benzene rings is 1. The molecule has 0 saturated heterocycles. The third-order valence-electron chi connectivity index (χ3n) is 2.90. The van der Waals surface area contributed by atoms with Crippen LogP contribution in [-0.4, -0.2) is 14.5 Å². The van der Waals surface area contributed by atoms with Crippen molar-refractivity contribution in [2.75, 3.05) is 0 Å². The molecule has 0 N–H and O–H groups in total. The SMILES string of the molecule is C[CH2][Al]([CH2]C)[O]c1ccccc1C(C)(C)C. The highest BCUT2D eigenvalue weighted by Crippen LogP contribution is 2.31. The van der Waals surface area contributed by atoms with E-state index < -0.39 is 14.5 Å². The van der Waals surface area contributed by atoms with Crippen molar-refractivity contribution in [3.63, 3.8) is 0 Å². The van der Waals surface area contributed by atoms with Gasteiger partial charge in [0.15, 0.2) is 0 Å². The Bertz CT molecular complexity index is 324. The van der Waals surface area contributed by atoms with Gasteiger partial charge in [0.25, 0.3) is 0 Å². The highest BCUT2D eigenvalue weighted by Gasteiger charge is 2.23. The first kappa shape index (κ1) is 13.6. The molecule has 0 radical (unpaired) electrons. The molecule has 2 heteroatoms. The Labute approximate surface area is 105 Å². The summed E-state index contributed by atoms with van der Waals surface area (Å²) in [6.07, 6.45) is 0. The Kier molecular flexibility index (Phi) is 4.90. The smallest absolute Gasteiger partial charge is 0.546 e. The first-order valence-electron chi connectivity index (χ1n) is 6.25. The second-order valence-corrected chi connectivity index (χ2v) is 8.42. The quantitative estimate of drug-likeness (QED) is 0.702. The lowest BCUT2D eigenvalue weighted by Crippen LogP contribution is -2.22. The molecule has 0 spiro atoms. The number of hydrogen-bond acceptors (Lipinski definition) is 1. The topological polar surface area (TPSA) is 9.23 Å². The largest absolute Gasteiger partial charge is 0.642 e. The van der Waals surface area contributed by atoms with Crippen molar-refractivity contribution >= 4 is 14.5 Å². The molecule has 1 rings (SSSR count). The molecular formula is C14H23AlO. The molecule has 0 aliphatic heterocycles. The lowest BCUT2D eigenvalue weighted by atomic mass is 9.86. The zero-order valence-electron chi connectivity index (χ0n) is 11.2. The van der Waals surface area contributed by atoms with Gasteiger partial charge in [-0.15, -0.1) is 0 Å². The van der Waals surface area contributed by atoms with E-state index in [1.165, 1.54) is 16.1 Å². The fourth-order valence-corrected chi connectivity index (χ4v) is 3.30. The van der Waals surface area contributed by atoms with Crippen LogP contribution in [0.2, 0.25) is 10.6 Å². The van der Waals surface area contributed by atoms with Crippen molar-refractivity contribution in [2.24, 2.45) is 0 Å². The van der Waals surface area contributed by atoms with Crippen LogP contribution in [0.15, 0.2) is 24.3 Å². The molecule has 1 aromatic rings. The molecule has 1 nitrogen and oxygen atoms in total. The molecule has 0 unspecified atom stereocenters. The summed E-state index contributed by atoms with van der Waals surface area (Å²) in [5.74, 6) is 1.11. The molecule has 0 aliphatic carbocycles. The Morgan fingerprint density at radius 3 is 2.12 bits per heavy atom. The molecule has 0 aliphatic rings. The van der Waals surface area contributed by atoms with Crippen LogP contribution in [0.4, 0.5) is 0 Å². The number of hydrogen-bond donors (Lipinski definition) is 0. The minimum absolute atomic E-state index is 0.164. The predicted octanol–water partition coefficient (Wildman–Crippen LogP) is 4.39. The van der Waals surface area contributed by atoms with Crippen LogP contribution >= 0.6 is 0 Å². The summed E-state index contributed by atoms with van der Waals surface area (Å²) >= 11 is -1.02. The lowest BCUT2D eigenvalue weighted by Gasteiger charge is -2.25. The second kappa shape index (κ2) is 5.75. The average molecular weight is 234 g/mol.